The fourth-order valence-corrected chi connectivity index (χ4v) is 2.05. The molecule has 0 saturated heterocycles. The zero-order valence-corrected chi connectivity index (χ0v) is 15.0. The fourth-order valence-electron chi connectivity index (χ4n) is 2.05. The van der Waals surface area contributed by atoms with Gasteiger partial charge in [0.15, 0.2) is 5.96 Å². The van der Waals surface area contributed by atoms with Crippen LogP contribution in [0.1, 0.15) is 32.3 Å². The molecule has 6 nitrogen and oxygen atoms in total. The molecule has 1 aromatic carbocycles. The molecular formula is C18H31N3O3. The molecule has 0 aliphatic carbocycles. The first kappa shape index (κ1) is 20.3. The van der Waals surface area contributed by atoms with Crippen molar-refractivity contribution in [1.82, 2.24) is 10.6 Å². The molecule has 136 valence electrons. The Labute approximate surface area is 145 Å². The van der Waals surface area contributed by atoms with Gasteiger partial charge in [0.25, 0.3) is 0 Å². The van der Waals surface area contributed by atoms with Crippen molar-refractivity contribution in [3.8, 4) is 5.75 Å². The molecule has 0 heterocycles. The second-order valence-electron chi connectivity index (χ2n) is 5.42. The third-order valence-corrected chi connectivity index (χ3v) is 3.59. The molecule has 3 N–H and O–H groups in total. The fraction of sp³-hybridized carbons (Fsp3) is 0.611. The van der Waals surface area contributed by atoms with Crippen molar-refractivity contribution in [3.63, 3.8) is 0 Å². The highest BCUT2D eigenvalue weighted by molar-refractivity contribution is 5.80. The molecule has 0 bridgehead atoms. The Morgan fingerprint density at radius 2 is 2.00 bits per heavy atom. The lowest BCUT2D eigenvalue weighted by Crippen LogP contribution is -2.45. The first-order chi connectivity index (χ1) is 11.7. The van der Waals surface area contributed by atoms with Gasteiger partial charge in [-0.2, -0.15) is 0 Å². The van der Waals surface area contributed by atoms with Gasteiger partial charge in [-0.25, -0.2) is 4.99 Å². The topological polar surface area (TPSA) is 75.1 Å². The average molecular weight is 337 g/mol. The summed E-state index contributed by atoms with van der Waals surface area (Å²) < 4.78 is 10.5. The van der Waals surface area contributed by atoms with Crippen LogP contribution in [0.5, 0.6) is 5.75 Å². The van der Waals surface area contributed by atoms with Crippen LogP contribution in [0.2, 0.25) is 0 Å². The van der Waals surface area contributed by atoms with E-state index in [1.807, 2.05) is 38.1 Å². The monoisotopic (exact) mass is 337 g/mol. The van der Waals surface area contributed by atoms with Gasteiger partial charge >= 0.3 is 0 Å². The smallest absolute Gasteiger partial charge is 0.191 e. The lowest BCUT2D eigenvalue weighted by atomic mass is 10.2. The first-order valence-corrected chi connectivity index (χ1v) is 8.59. The van der Waals surface area contributed by atoms with Crippen molar-refractivity contribution in [2.24, 2.45) is 4.99 Å². The van der Waals surface area contributed by atoms with E-state index in [2.05, 4.69) is 15.6 Å². The molecule has 0 aromatic heterocycles. The number of hydrogen-bond donors (Lipinski definition) is 3. The van der Waals surface area contributed by atoms with Crippen LogP contribution in [-0.4, -0.2) is 50.6 Å². The maximum absolute atomic E-state index is 9.38. The van der Waals surface area contributed by atoms with Gasteiger partial charge in [-0.3, -0.25) is 0 Å². The Hall–Kier alpha value is -1.79. The average Bonchev–Trinajstić information content (AvgIpc) is 2.63. The van der Waals surface area contributed by atoms with Crippen LogP contribution in [0.3, 0.4) is 0 Å². The molecule has 0 amide bonds. The molecule has 6 heteroatoms. The molecule has 0 aliphatic rings. The third kappa shape index (κ3) is 8.17. The lowest BCUT2D eigenvalue weighted by molar-refractivity contribution is 0.145. The van der Waals surface area contributed by atoms with E-state index in [1.165, 1.54) is 0 Å². The predicted octanol–water partition coefficient (Wildman–Crippen LogP) is 1.93. The SMILES string of the molecule is CCOCCCNC(=NCc1ccc(OC)cc1)N[C@H](CC)CO. The molecule has 0 unspecified atom stereocenters. The summed E-state index contributed by atoms with van der Waals surface area (Å²) in [5, 5.41) is 15.9. The number of nitrogens with zero attached hydrogens (tertiary/aromatic N) is 1. The zero-order chi connectivity index (χ0) is 17.6. The summed E-state index contributed by atoms with van der Waals surface area (Å²) in [5.41, 5.74) is 1.10. The Kier molecular flexibility index (Phi) is 10.6. The Balaban J connectivity index is 2.59. The van der Waals surface area contributed by atoms with E-state index in [-0.39, 0.29) is 12.6 Å². The maximum atomic E-state index is 9.38. The largest absolute Gasteiger partial charge is 0.497 e. The minimum absolute atomic E-state index is 0.000917. The second-order valence-corrected chi connectivity index (χ2v) is 5.42. The normalized spacial score (nSPS) is 12.8. The van der Waals surface area contributed by atoms with Gasteiger partial charge in [0.2, 0.25) is 0 Å². The van der Waals surface area contributed by atoms with Crippen LogP contribution in [0.4, 0.5) is 0 Å². The van der Waals surface area contributed by atoms with E-state index in [0.717, 1.165) is 43.9 Å². The van der Waals surface area contributed by atoms with Gasteiger partial charge < -0.3 is 25.2 Å². The van der Waals surface area contributed by atoms with Gasteiger partial charge in [0.1, 0.15) is 5.75 Å². The molecule has 1 aromatic rings. The summed E-state index contributed by atoms with van der Waals surface area (Å²) in [6.45, 7) is 6.90. The number of aliphatic hydroxyl groups is 1. The molecular weight excluding hydrogens is 306 g/mol. The zero-order valence-electron chi connectivity index (χ0n) is 15.0. The molecule has 0 radical (unpaired) electrons. The summed E-state index contributed by atoms with van der Waals surface area (Å²) >= 11 is 0. The van der Waals surface area contributed by atoms with Gasteiger partial charge in [-0.15, -0.1) is 0 Å². The van der Waals surface area contributed by atoms with E-state index in [9.17, 15) is 5.11 Å². The van der Waals surface area contributed by atoms with E-state index in [1.54, 1.807) is 7.11 Å². The van der Waals surface area contributed by atoms with Crippen LogP contribution < -0.4 is 15.4 Å². The van der Waals surface area contributed by atoms with Crippen molar-refractivity contribution < 1.29 is 14.6 Å². The first-order valence-electron chi connectivity index (χ1n) is 8.59. The Bertz CT molecular complexity index is 459. The number of guanidine groups is 1. The molecule has 0 aliphatic heterocycles. The summed E-state index contributed by atoms with van der Waals surface area (Å²) in [5.74, 6) is 1.55. The van der Waals surface area contributed by atoms with E-state index in [0.29, 0.717) is 12.5 Å². The number of aliphatic hydroxyl groups excluding tert-OH is 1. The summed E-state index contributed by atoms with van der Waals surface area (Å²) in [6.07, 6.45) is 1.74. The molecule has 0 saturated carbocycles. The molecule has 1 rings (SSSR count). The lowest BCUT2D eigenvalue weighted by Gasteiger charge is -2.18. The Morgan fingerprint density at radius 1 is 1.25 bits per heavy atom. The maximum Gasteiger partial charge on any atom is 0.191 e. The van der Waals surface area contributed by atoms with Crippen LogP contribution in [0, 0.1) is 0 Å². The molecule has 1 atom stereocenters. The number of nitrogens with one attached hydrogen (secondary N) is 2. The number of methoxy groups -OCH3 is 1. The number of benzene rings is 1. The van der Waals surface area contributed by atoms with Crippen LogP contribution in [0.15, 0.2) is 29.3 Å². The van der Waals surface area contributed by atoms with Crippen molar-refractivity contribution in [1.29, 1.82) is 0 Å². The number of hydrogen-bond acceptors (Lipinski definition) is 4. The molecule has 24 heavy (non-hydrogen) atoms. The van der Waals surface area contributed by atoms with E-state index >= 15 is 0 Å². The van der Waals surface area contributed by atoms with Gasteiger partial charge in [0, 0.05) is 19.8 Å². The quantitative estimate of drug-likeness (QED) is 0.327. The minimum atomic E-state index is -0.000917. The molecule has 0 spiro atoms. The molecule has 0 fully saturated rings. The van der Waals surface area contributed by atoms with Crippen molar-refractivity contribution in [2.45, 2.75) is 39.3 Å². The minimum Gasteiger partial charge on any atom is -0.497 e. The van der Waals surface area contributed by atoms with Crippen LogP contribution in [-0.2, 0) is 11.3 Å². The predicted molar refractivity (Wildman–Crippen MR) is 97.5 cm³/mol. The van der Waals surface area contributed by atoms with Gasteiger partial charge in [-0.1, -0.05) is 19.1 Å². The standard InChI is InChI=1S/C18H31N3O3/c1-4-16(14-22)21-18(19-11-6-12-24-5-2)20-13-15-7-9-17(23-3)10-8-15/h7-10,16,22H,4-6,11-14H2,1-3H3,(H2,19,20,21)/t16-/m1/s1. The number of aliphatic imine (C=N–C) groups is 1. The number of rotatable bonds is 11. The Morgan fingerprint density at radius 3 is 2.58 bits per heavy atom. The second kappa shape index (κ2) is 12.6. The van der Waals surface area contributed by atoms with E-state index in [4.69, 9.17) is 9.47 Å². The van der Waals surface area contributed by atoms with Crippen molar-refractivity contribution >= 4 is 5.96 Å². The summed E-state index contributed by atoms with van der Waals surface area (Å²) in [7, 11) is 1.65. The van der Waals surface area contributed by atoms with Gasteiger partial charge in [-0.05, 0) is 37.5 Å². The highest BCUT2D eigenvalue weighted by atomic mass is 16.5. The summed E-state index contributed by atoms with van der Waals surface area (Å²) in [4.78, 5) is 4.60. The van der Waals surface area contributed by atoms with Crippen LogP contribution in [0.25, 0.3) is 0 Å². The van der Waals surface area contributed by atoms with Gasteiger partial charge in [0.05, 0.1) is 26.3 Å². The highest BCUT2D eigenvalue weighted by Crippen LogP contribution is 2.11. The van der Waals surface area contributed by atoms with Crippen molar-refractivity contribution in [3.05, 3.63) is 29.8 Å². The van der Waals surface area contributed by atoms with Crippen LogP contribution >= 0.6 is 0 Å². The summed E-state index contributed by atoms with van der Waals surface area (Å²) in [6, 6.07) is 7.85. The third-order valence-electron chi connectivity index (χ3n) is 3.59. The van der Waals surface area contributed by atoms with E-state index < -0.39 is 0 Å². The highest BCUT2D eigenvalue weighted by Gasteiger charge is 2.07. The number of ether oxygens (including phenoxy) is 2. The van der Waals surface area contributed by atoms with Crippen molar-refractivity contribution in [2.75, 3.05) is 33.5 Å².